The Labute approximate surface area is 148 Å². The number of hydrogen-bond acceptors (Lipinski definition) is 4. The monoisotopic (exact) mass is 346 g/mol. The van der Waals surface area contributed by atoms with Gasteiger partial charge < -0.3 is 19.3 Å². The number of carbonyl (C=O) groups is 2. The number of likely N-dealkylation sites (tertiary alicyclic amines) is 1. The smallest absolute Gasteiger partial charge is 0.228 e. The van der Waals surface area contributed by atoms with E-state index in [1.54, 1.807) is 12.0 Å². The molecule has 0 bridgehead atoms. The normalized spacial score (nSPS) is 23.0. The van der Waals surface area contributed by atoms with E-state index in [0.29, 0.717) is 39.3 Å². The first-order chi connectivity index (χ1) is 11.9. The van der Waals surface area contributed by atoms with E-state index in [4.69, 9.17) is 9.47 Å². The molecule has 136 valence electrons. The SMILES string of the molecule is COc1ccc(CN2CC(C(=O)N3CCOCC3(C)C)CC2=O)cc1. The van der Waals surface area contributed by atoms with Crippen LogP contribution >= 0.6 is 0 Å². The van der Waals surface area contributed by atoms with Crippen LogP contribution in [0.2, 0.25) is 0 Å². The summed E-state index contributed by atoms with van der Waals surface area (Å²) in [5.41, 5.74) is 0.718. The lowest BCUT2D eigenvalue weighted by Crippen LogP contribution is -2.57. The van der Waals surface area contributed by atoms with Gasteiger partial charge in [-0.05, 0) is 31.5 Å². The van der Waals surface area contributed by atoms with E-state index in [1.807, 2.05) is 43.0 Å². The third kappa shape index (κ3) is 3.79. The molecule has 1 atom stereocenters. The number of carbonyl (C=O) groups excluding carboxylic acids is 2. The van der Waals surface area contributed by atoms with Gasteiger partial charge in [-0.3, -0.25) is 9.59 Å². The minimum absolute atomic E-state index is 0.0419. The summed E-state index contributed by atoms with van der Waals surface area (Å²) in [5.74, 6) is 0.640. The van der Waals surface area contributed by atoms with Crippen molar-refractivity contribution < 1.29 is 19.1 Å². The zero-order valence-corrected chi connectivity index (χ0v) is 15.2. The predicted octanol–water partition coefficient (Wildman–Crippen LogP) is 1.68. The predicted molar refractivity (Wildman–Crippen MR) is 93.1 cm³/mol. The topological polar surface area (TPSA) is 59.1 Å². The van der Waals surface area contributed by atoms with E-state index in [1.165, 1.54) is 0 Å². The Hall–Kier alpha value is -2.08. The van der Waals surface area contributed by atoms with Crippen LogP contribution in [0.15, 0.2) is 24.3 Å². The quantitative estimate of drug-likeness (QED) is 0.832. The maximum atomic E-state index is 12.9. The van der Waals surface area contributed by atoms with E-state index in [0.717, 1.165) is 11.3 Å². The average Bonchev–Trinajstić information content (AvgIpc) is 2.95. The van der Waals surface area contributed by atoms with E-state index >= 15 is 0 Å². The molecule has 1 unspecified atom stereocenters. The number of morpholine rings is 1. The van der Waals surface area contributed by atoms with Crippen molar-refractivity contribution in [3.05, 3.63) is 29.8 Å². The maximum Gasteiger partial charge on any atom is 0.228 e. The van der Waals surface area contributed by atoms with Crippen molar-refractivity contribution in [1.82, 2.24) is 9.80 Å². The Morgan fingerprint density at radius 3 is 2.68 bits per heavy atom. The molecule has 2 fully saturated rings. The third-order valence-corrected chi connectivity index (χ3v) is 5.01. The average molecular weight is 346 g/mol. The highest BCUT2D eigenvalue weighted by atomic mass is 16.5. The molecule has 1 aromatic rings. The lowest BCUT2D eigenvalue weighted by Gasteiger charge is -2.43. The fourth-order valence-corrected chi connectivity index (χ4v) is 3.53. The Balaban J connectivity index is 1.64. The van der Waals surface area contributed by atoms with E-state index < -0.39 is 0 Å². The molecule has 1 aromatic carbocycles. The van der Waals surface area contributed by atoms with Crippen molar-refractivity contribution in [3.63, 3.8) is 0 Å². The number of benzene rings is 1. The molecule has 2 aliphatic rings. The number of nitrogens with zero attached hydrogens (tertiary/aromatic N) is 2. The number of rotatable bonds is 4. The van der Waals surface area contributed by atoms with Crippen molar-refractivity contribution in [2.75, 3.05) is 33.4 Å². The van der Waals surface area contributed by atoms with Crippen LogP contribution in [0.5, 0.6) is 5.75 Å². The molecular formula is C19H26N2O4. The molecule has 6 heteroatoms. The molecule has 0 saturated carbocycles. The van der Waals surface area contributed by atoms with Crippen LogP contribution in [0.1, 0.15) is 25.8 Å². The van der Waals surface area contributed by atoms with Crippen LogP contribution in [0.3, 0.4) is 0 Å². The van der Waals surface area contributed by atoms with Gasteiger partial charge in [0.1, 0.15) is 5.75 Å². The standard InChI is InChI=1S/C19H26N2O4/c1-19(2)13-25-9-8-21(19)18(23)15-10-17(22)20(12-15)11-14-4-6-16(24-3)7-5-14/h4-7,15H,8-13H2,1-3H3. The number of hydrogen-bond donors (Lipinski definition) is 0. The van der Waals surface area contributed by atoms with Crippen LogP contribution in [-0.4, -0.2) is 60.6 Å². The Morgan fingerprint density at radius 1 is 1.32 bits per heavy atom. The Kier molecular flexibility index (Phi) is 4.99. The van der Waals surface area contributed by atoms with Crippen LogP contribution in [0.25, 0.3) is 0 Å². The van der Waals surface area contributed by atoms with Crippen LogP contribution < -0.4 is 4.74 Å². The largest absolute Gasteiger partial charge is 0.497 e. The molecule has 3 rings (SSSR count). The van der Waals surface area contributed by atoms with Gasteiger partial charge in [-0.25, -0.2) is 0 Å². The van der Waals surface area contributed by atoms with Gasteiger partial charge in [0.15, 0.2) is 0 Å². The minimum atomic E-state index is -0.318. The fourth-order valence-electron chi connectivity index (χ4n) is 3.53. The van der Waals surface area contributed by atoms with Gasteiger partial charge in [-0.2, -0.15) is 0 Å². The van der Waals surface area contributed by atoms with Gasteiger partial charge in [-0.15, -0.1) is 0 Å². The van der Waals surface area contributed by atoms with E-state index in [9.17, 15) is 9.59 Å². The summed E-state index contributed by atoms with van der Waals surface area (Å²) in [6.07, 6.45) is 0.294. The minimum Gasteiger partial charge on any atom is -0.497 e. The van der Waals surface area contributed by atoms with Gasteiger partial charge in [0.25, 0.3) is 0 Å². The molecule has 6 nitrogen and oxygen atoms in total. The molecule has 2 saturated heterocycles. The molecule has 2 aliphatic heterocycles. The fraction of sp³-hybridized carbons (Fsp3) is 0.579. The van der Waals surface area contributed by atoms with Crippen LogP contribution in [0.4, 0.5) is 0 Å². The summed E-state index contributed by atoms with van der Waals surface area (Å²) in [7, 11) is 1.63. The summed E-state index contributed by atoms with van der Waals surface area (Å²) in [5, 5.41) is 0. The molecular weight excluding hydrogens is 320 g/mol. The van der Waals surface area contributed by atoms with Crippen molar-refractivity contribution in [1.29, 1.82) is 0 Å². The molecule has 0 N–H and O–H groups in total. The molecule has 0 aromatic heterocycles. The van der Waals surface area contributed by atoms with Gasteiger partial charge in [-0.1, -0.05) is 12.1 Å². The summed E-state index contributed by atoms with van der Waals surface area (Å²) >= 11 is 0. The van der Waals surface area contributed by atoms with Crippen molar-refractivity contribution in [2.24, 2.45) is 5.92 Å². The summed E-state index contributed by atoms with van der Waals surface area (Å²) in [4.78, 5) is 28.9. The molecule has 2 amide bonds. The molecule has 0 aliphatic carbocycles. The lowest BCUT2D eigenvalue weighted by atomic mass is 9.98. The molecule has 25 heavy (non-hydrogen) atoms. The van der Waals surface area contributed by atoms with Crippen molar-refractivity contribution >= 4 is 11.8 Å². The number of methoxy groups -OCH3 is 1. The molecule has 2 heterocycles. The second kappa shape index (κ2) is 7.04. The Morgan fingerprint density at radius 2 is 2.04 bits per heavy atom. The third-order valence-electron chi connectivity index (χ3n) is 5.01. The zero-order chi connectivity index (χ0) is 18.0. The second-order valence-electron chi connectivity index (χ2n) is 7.38. The summed E-state index contributed by atoms with van der Waals surface area (Å²) < 4.78 is 10.6. The summed E-state index contributed by atoms with van der Waals surface area (Å²) in [6.45, 7) is 6.72. The first kappa shape index (κ1) is 17.7. The number of ether oxygens (including phenoxy) is 2. The Bertz CT molecular complexity index is 641. The maximum absolute atomic E-state index is 12.9. The van der Waals surface area contributed by atoms with Gasteiger partial charge in [0, 0.05) is 26.1 Å². The summed E-state index contributed by atoms with van der Waals surface area (Å²) in [6, 6.07) is 7.67. The van der Waals surface area contributed by atoms with E-state index in [-0.39, 0.29) is 23.3 Å². The van der Waals surface area contributed by atoms with E-state index in [2.05, 4.69) is 0 Å². The van der Waals surface area contributed by atoms with Gasteiger partial charge in [0.2, 0.25) is 11.8 Å². The zero-order valence-electron chi connectivity index (χ0n) is 15.2. The van der Waals surface area contributed by atoms with Gasteiger partial charge in [0.05, 0.1) is 31.8 Å². The first-order valence-corrected chi connectivity index (χ1v) is 8.70. The lowest BCUT2D eigenvalue weighted by molar-refractivity contribution is -0.150. The van der Waals surface area contributed by atoms with Gasteiger partial charge >= 0.3 is 0 Å². The highest BCUT2D eigenvalue weighted by Crippen LogP contribution is 2.27. The van der Waals surface area contributed by atoms with Crippen LogP contribution in [-0.2, 0) is 20.9 Å². The van der Waals surface area contributed by atoms with Crippen LogP contribution in [0, 0.1) is 5.92 Å². The first-order valence-electron chi connectivity index (χ1n) is 8.70. The highest BCUT2D eigenvalue weighted by Gasteiger charge is 2.41. The highest BCUT2D eigenvalue weighted by molar-refractivity contribution is 5.89. The molecule has 0 radical (unpaired) electrons. The second-order valence-corrected chi connectivity index (χ2v) is 7.38. The number of amides is 2. The van der Waals surface area contributed by atoms with Crippen molar-refractivity contribution in [2.45, 2.75) is 32.4 Å². The van der Waals surface area contributed by atoms with Crippen molar-refractivity contribution in [3.8, 4) is 5.75 Å². The molecule has 0 spiro atoms.